The summed E-state index contributed by atoms with van der Waals surface area (Å²) in [6.45, 7) is 7.74. The molecule has 1 radical (unpaired) electrons. The predicted molar refractivity (Wildman–Crippen MR) is 61.7 cm³/mol. The molecule has 0 saturated heterocycles. The first-order chi connectivity index (χ1) is 7.48. The van der Waals surface area contributed by atoms with E-state index in [1.165, 1.54) is 0 Å². The van der Waals surface area contributed by atoms with E-state index in [2.05, 4.69) is 6.92 Å². The zero-order valence-corrected chi connectivity index (χ0v) is 9.69. The van der Waals surface area contributed by atoms with Crippen LogP contribution in [0, 0.1) is 6.92 Å². The van der Waals surface area contributed by atoms with Crippen LogP contribution in [-0.2, 0) is 6.42 Å². The van der Waals surface area contributed by atoms with Crippen molar-refractivity contribution >= 4 is 0 Å². The van der Waals surface area contributed by atoms with Gasteiger partial charge in [0.15, 0.2) is 11.5 Å². The van der Waals surface area contributed by atoms with Crippen molar-refractivity contribution in [1.29, 1.82) is 0 Å². The summed E-state index contributed by atoms with van der Waals surface area (Å²) in [7, 11) is 0. The van der Waals surface area contributed by atoms with Gasteiger partial charge in [0.05, 0.1) is 6.10 Å². The van der Waals surface area contributed by atoms with Gasteiger partial charge in [0.1, 0.15) is 12.2 Å². The minimum atomic E-state index is -0.717. The maximum Gasteiger partial charge on any atom is 0.165 e. The summed E-state index contributed by atoms with van der Waals surface area (Å²) in [5.41, 5.74) is 0.978. The van der Waals surface area contributed by atoms with Gasteiger partial charge in [-0.3, -0.25) is 0 Å². The highest BCUT2D eigenvalue weighted by molar-refractivity contribution is 5.50. The highest BCUT2D eigenvalue weighted by Crippen LogP contribution is 2.41. The second-order valence-electron chi connectivity index (χ2n) is 4.75. The molecule has 16 heavy (non-hydrogen) atoms. The molecule has 1 heterocycles. The summed E-state index contributed by atoms with van der Waals surface area (Å²) in [5.74, 6) is 1.49. The van der Waals surface area contributed by atoms with Gasteiger partial charge in [-0.2, -0.15) is 0 Å². The van der Waals surface area contributed by atoms with E-state index in [1.54, 1.807) is 0 Å². The topological polar surface area (TPSA) is 38.7 Å². The summed E-state index contributed by atoms with van der Waals surface area (Å²) in [4.78, 5) is 0. The molecule has 1 aromatic rings. The van der Waals surface area contributed by atoms with Crippen molar-refractivity contribution in [2.24, 2.45) is 0 Å². The van der Waals surface area contributed by atoms with E-state index < -0.39 is 6.10 Å². The Morgan fingerprint density at radius 3 is 3.00 bits per heavy atom. The van der Waals surface area contributed by atoms with Crippen LogP contribution in [0.1, 0.15) is 19.4 Å². The van der Waals surface area contributed by atoms with Crippen molar-refractivity contribution in [3.63, 3.8) is 0 Å². The number of rotatable bonds is 3. The van der Waals surface area contributed by atoms with Crippen LogP contribution in [0.15, 0.2) is 18.2 Å². The summed E-state index contributed by atoms with van der Waals surface area (Å²) in [6, 6.07) is 5.83. The summed E-state index contributed by atoms with van der Waals surface area (Å²) in [6.07, 6.45) is 0.164. The number of benzene rings is 1. The third-order valence-electron chi connectivity index (χ3n) is 2.49. The maximum absolute atomic E-state index is 9.09. The molecular formula is C13H17O3. The van der Waals surface area contributed by atoms with Crippen LogP contribution in [0.5, 0.6) is 11.5 Å². The highest BCUT2D eigenvalue weighted by atomic mass is 16.5. The van der Waals surface area contributed by atoms with E-state index in [1.807, 2.05) is 32.0 Å². The van der Waals surface area contributed by atoms with E-state index >= 15 is 0 Å². The molecule has 87 valence electrons. The van der Waals surface area contributed by atoms with Crippen molar-refractivity contribution < 1.29 is 14.6 Å². The second kappa shape index (κ2) is 3.98. The number of ether oxygens (including phenoxy) is 2. The van der Waals surface area contributed by atoms with Gasteiger partial charge in [-0.1, -0.05) is 12.1 Å². The number of hydrogen-bond acceptors (Lipinski definition) is 3. The van der Waals surface area contributed by atoms with Crippen molar-refractivity contribution in [3.8, 4) is 11.5 Å². The van der Waals surface area contributed by atoms with E-state index in [0.29, 0.717) is 5.75 Å². The highest BCUT2D eigenvalue weighted by Gasteiger charge is 2.32. The first kappa shape index (κ1) is 11.3. The predicted octanol–water partition coefficient (Wildman–Crippen LogP) is 1.97. The van der Waals surface area contributed by atoms with Crippen LogP contribution in [0.4, 0.5) is 0 Å². The molecule has 0 aliphatic carbocycles. The normalized spacial score (nSPS) is 18.8. The zero-order chi connectivity index (χ0) is 11.8. The molecule has 1 atom stereocenters. The molecule has 0 saturated carbocycles. The molecule has 0 fully saturated rings. The lowest BCUT2D eigenvalue weighted by Gasteiger charge is -2.18. The lowest BCUT2D eigenvalue weighted by molar-refractivity contribution is 0.118. The standard InChI is InChI=1S/C13H17O3/c1-9(14)8-15-11-6-4-5-10-7-13(2,3)16-12(10)11/h4-6,9,14H,1,7-8H2,2-3H3. The Balaban J connectivity index is 2.20. The number of aliphatic hydroxyl groups excluding tert-OH is 1. The Morgan fingerprint density at radius 2 is 2.31 bits per heavy atom. The Hall–Kier alpha value is -1.22. The molecule has 2 rings (SSSR count). The molecule has 1 N–H and O–H groups in total. The van der Waals surface area contributed by atoms with Gasteiger partial charge >= 0.3 is 0 Å². The van der Waals surface area contributed by atoms with Crippen LogP contribution < -0.4 is 9.47 Å². The van der Waals surface area contributed by atoms with Crippen molar-refractivity contribution in [1.82, 2.24) is 0 Å². The smallest absolute Gasteiger partial charge is 0.165 e. The fourth-order valence-corrected chi connectivity index (χ4v) is 1.89. The molecule has 0 spiro atoms. The first-order valence-electron chi connectivity index (χ1n) is 5.43. The maximum atomic E-state index is 9.09. The van der Waals surface area contributed by atoms with Gasteiger partial charge < -0.3 is 14.6 Å². The first-order valence-corrected chi connectivity index (χ1v) is 5.43. The summed E-state index contributed by atoms with van der Waals surface area (Å²) >= 11 is 0. The lowest BCUT2D eigenvalue weighted by Crippen LogP contribution is -2.24. The number of aliphatic hydroxyl groups is 1. The lowest BCUT2D eigenvalue weighted by atomic mass is 10.0. The fourth-order valence-electron chi connectivity index (χ4n) is 1.89. The van der Waals surface area contributed by atoms with Gasteiger partial charge in [-0.15, -0.1) is 0 Å². The van der Waals surface area contributed by atoms with E-state index in [-0.39, 0.29) is 12.2 Å². The van der Waals surface area contributed by atoms with Crippen molar-refractivity contribution in [2.75, 3.05) is 6.61 Å². The van der Waals surface area contributed by atoms with Crippen molar-refractivity contribution in [2.45, 2.75) is 32.0 Å². The summed E-state index contributed by atoms with van der Waals surface area (Å²) < 4.78 is 11.3. The molecule has 1 aliphatic rings. The third-order valence-corrected chi connectivity index (χ3v) is 2.49. The molecule has 1 unspecified atom stereocenters. The number of fused-ring (bicyclic) bond motifs is 1. The molecular weight excluding hydrogens is 204 g/mol. The van der Waals surface area contributed by atoms with Gasteiger partial charge in [-0.05, 0) is 26.8 Å². The molecule has 0 aromatic heterocycles. The summed E-state index contributed by atoms with van der Waals surface area (Å²) in [5, 5.41) is 9.09. The average Bonchev–Trinajstić information content (AvgIpc) is 2.48. The second-order valence-corrected chi connectivity index (χ2v) is 4.75. The Morgan fingerprint density at radius 1 is 1.56 bits per heavy atom. The Kier molecular flexibility index (Phi) is 2.80. The van der Waals surface area contributed by atoms with Gasteiger partial charge in [0.25, 0.3) is 0 Å². The van der Waals surface area contributed by atoms with Crippen LogP contribution in [-0.4, -0.2) is 23.4 Å². The van der Waals surface area contributed by atoms with Crippen molar-refractivity contribution in [3.05, 3.63) is 30.7 Å². The third kappa shape index (κ3) is 2.30. The van der Waals surface area contributed by atoms with Gasteiger partial charge in [-0.25, -0.2) is 0 Å². The molecule has 3 nitrogen and oxygen atoms in total. The molecule has 0 amide bonds. The van der Waals surface area contributed by atoms with Crippen LogP contribution in [0.2, 0.25) is 0 Å². The Bertz CT molecular complexity index is 383. The van der Waals surface area contributed by atoms with E-state index in [0.717, 1.165) is 17.7 Å². The van der Waals surface area contributed by atoms with E-state index in [9.17, 15) is 0 Å². The minimum Gasteiger partial charge on any atom is -0.487 e. The molecule has 1 aromatic carbocycles. The quantitative estimate of drug-likeness (QED) is 0.848. The average molecular weight is 221 g/mol. The largest absolute Gasteiger partial charge is 0.487 e. The fraction of sp³-hybridized carbons (Fsp3) is 0.462. The minimum absolute atomic E-state index is 0.176. The zero-order valence-electron chi connectivity index (χ0n) is 9.69. The van der Waals surface area contributed by atoms with Gasteiger partial charge in [0.2, 0.25) is 0 Å². The number of hydrogen-bond donors (Lipinski definition) is 1. The monoisotopic (exact) mass is 221 g/mol. The van der Waals surface area contributed by atoms with E-state index in [4.69, 9.17) is 14.6 Å². The Labute approximate surface area is 96.0 Å². The van der Waals surface area contributed by atoms with Crippen LogP contribution in [0.3, 0.4) is 0 Å². The molecule has 0 bridgehead atoms. The molecule has 3 heteroatoms. The van der Waals surface area contributed by atoms with Crippen LogP contribution >= 0.6 is 0 Å². The number of para-hydroxylation sites is 1. The van der Waals surface area contributed by atoms with Crippen LogP contribution in [0.25, 0.3) is 0 Å². The molecule has 1 aliphatic heterocycles. The van der Waals surface area contributed by atoms with Gasteiger partial charge in [0, 0.05) is 12.0 Å². The SMILES string of the molecule is [CH2]C(O)COc1cccc2c1OC(C)(C)C2.